The Hall–Kier alpha value is -3.15. The molecule has 0 spiro atoms. The Kier molecular flexibility index (Phi) is 5.37. The summed E-state index contributed by atoms with van der Waals surface area (Å²) < 4.78 is 7.23. The standard InChI is InChI=1S/C22H24N4O2/c1-2-28-19-12-10-18(11-13-19)21-9-6-14-26(21)22(27)20-16-25(24-23-20)15-17-7-4-3-5-8-17/h3-5,7-8,10-13,16,21H,2,6,9,14-15H2,1H3. The molecular formula is C22H24N4O2. The summed E-state index contributed by atoms with van der Waals surface area (Å²) in [5, 5.41) is 8.26. The predicted molar refractivity (Wildman–Crippen MR) is 106 cm³/mol. The molecule has 1 fully saturated rings. The number of hydrogen-bond acceptors (Lipinski definition) is 4. The number of ether oxygens (including phenoxy) is 1. The fourth-order valence-electron chi connectivity index (χ4n) is 3.70. The van der Waals surface area contributed by atoms with Gasteiger partial charge in [-0.05, 0) is 43.0 Å². The van der Waals surface area contributed by atoms with E-state index in [0.29, 0.717) is 18.8 Å². The molecule has 0 radical (unpaired) electrons. The maximum atomic E-state index is 13.1. The molecule has 0 N–H and O–H groups in total. The van der Waals surface area contributed by atoms with E-state index < -0.39 is 0 Å². The van der Waals surface area contributed by atoms with E-state index in [1.165, 1.54) is 0 Å². The Labute approximate surface area is 164 Å². The van der Waals surface area contributed by atoms with E-state index in [4.69, 9.17) is 4.74 Å². The molecule has 28 heavy (non-hydrogen) atoms. The number of nitrogens with zero attached hydrogens (tertiary/aromatic N) is 4. The highest BCUT2D eigenvalue weighted by molar-refractivity contribution is 5.92. The molecule has 2 heterocycles. The van der Waals surface area contributed by atoms with E-state index in [2.05, 4.69) is 10.3 Å². The topological polar surface area (TPSA) is 60.2 Å². The van der Waals surface area contributed by atoms with Crippen LogP contribution in [0, 0.1) is 0 Å². The summed E-state index contributed by atoms with van der Waals surface area (Å²) in [5.41, 5.74) is 2.65. The van der Waals surface area contributed by atoms with Gasteiger partial charge < -0.3 is 9.64 Å². The van der Waals surface area contributed by atoms with Gasteiger partial charge in [0.15, 0.2) is 5.69 Å². The van der Waals surface area contributed by atoms with Gasteiger partial charge in [0.2, 0.25) is 0 Å². The Balaban J connectivity index is 1.47. The summed E-state index contributed by atoms with van der Waals surface area (Å²) in [7, 11) is 0. The molecule has 1 atom stereocenters. The van der Waals surface area contributed by atoms with Crippen molar-refractivity contribution in [3.8, 4) is 5.75 Å². The first kappa shape index (κ1) is 18.2. The minimum atomic E-state index is -0.0595. The van der Waals surface area contributed by atoms with Crippen LogP contribution in [-0.4, -0.2) is 39.0 Å². The first-order valence-corrected chi connectivity index (χ1v) is 9.72. The number of aromatic nitrogens is 3. The molecule has 6 nitrogen and oxygen atoms in total. The molecule has 0 aliphatic carbocycles. The molecule has 0 bridgehead atoms. The van der Waals surface area contributed by atoms with Gasteiger partial charge in [-0.25, -0.2) is 4.68 Å². The maximum Gasteiger partial charge on any atom is 0.276 e. The van der Waals surface area contributed by atoms with E-state index in [1.54, 1.807) is 10.9 Å². The first-order chi connectivity index (χ1) is 13.7. The summed E-state index contributed by atoms with van der Waals surface area (Å²) >= 11 is 0. The number of likely N-dealkylation sites (tertiary alicyclic amines) is 1. The lowest BCUT2D eigenvalue weighted by atomic mass is 10.0. The van der Waals surface area contributed by atoms with Crippen molar-refractivity contribution in [2.24, 2.45) is 0 Å². The van der Waals surface area contributed by atoms with Crippen LogP contribution in [0.2, 0.25) is 0 Å². The van der Waals surface area contributed by atoms with Gasteiger partial charge in [-0.3, -0.25) is 4.79 Å². The van der Waals surface area contributed by atoms with Gasteiger partial charge in [0, 0.05) is 6.54 Å². The minimum absolute atomic E-state index is 0.0595. The second kappa shape index (κ2) is 8.25. The van der Waals surface area contributed by atoms with Crippen LogP contribution in [0.4, 0.5) is 0 Å². The fourth-order valence-corrected chi connectivity index (χ4v) is 3.70. The molecule has 1 unspecified atom stereocenters. The van der Waals surface area contributed by atoms with Crippen LogP contribution >= 0.6 is 0 Å². The zero-order valence-corrected chi connectivity index (χ0v) is 16.0. The normalized spacial score (nSPS) is 16.3. The number of rotatable bonds is 6. The molecule has 1 aromatic heterocycles. The smallest absolute Gasteiger partial charge is 0.276 e. The SMILES string of the molecule is CCOc1ccc(C2CCCN2C(=O)c2cn(Cc3ccccc3)nn2)cc1. The molecule has 2 aromatic carbocycles. The Morgan fingerprint density at radius 2 is 1.93 bits per heavy atom. The van der Waals surface area contributed by atoms with Crippen LogP contribution in [0.5, 0.6) is 5.75 Å². The summed E-state index contributed by atoms with van der Waals surface area (Å²) in [6, 6.07) is 18.1. The van der Waals surface area contributed by atoms with E-state index in [-0.39, 0.29) is 11.9 Å². The molecule has 1 saturated heterocycles. The van der Waals surface area contributed by atoms with Crippen molar-refractivity contribution in [1.29, 1.82) is 0 Å². The van der Waals surface area contributed by atoms with Crippen molar-refractivity contribution in [1.82, 2.24) is 19.9 Å². The third-order valence-corrected chi connectivity index (χ3v) is 5.03. The van der Waals surface area contributed by atoms with Gasteiger partial charge in [0.1, 0.15) is 5.75 Å². The van der Waals surface area contributed by atoms with Crippen LogP contribution in [0.1, 0.15) is 47.4 Å². The Morgan fingerprint density at radius 1 is 1.14 bits per heavy atom. The van der Waals surface area contributed by atoms with Crippen molar-refractivity contribution in [2.75, 3.05) is 13.2 Å². The summed E-state index contributed by atoms with van der Waals surface area (Å²) in [6.45, 7) is 3.95. The molecule has 4 rings (SSSR count). The van der Waals surface area contributed by atoms with Gasteiger partial charge in [-0.1, -0.05) is 47.7 Å². The molecule has 1 amide bonds. The molecule has 1 aliphatic heterocycles. The van der Waals surface area contributed by atoms with Gasteiger partial charge in [-0.15, -0.1) is 5.10 Å². The zero-order chi connectivity index (χ0) is 19.3. The number of carbonyl (C=O) groups is 1. The molecule has 3 aromatic rings. The third-order valence-electron chi connectivity index (χ3n) is 5.03. The van der Waals surface area contributed by atoms with Gasteiger partial charge in [0.05, 0.1) is 25.4 Å². The third kappa shape index (κ3) is 3.91. The Morgan fingerprint density at radius 3 is 2.68 bits per heavy atom. The highest BCUT2D eigenvalue weighted by atomic mass is 16.5. The monoisotopic (exact) mass is 376 g/mol. The van der Waals surface area contributed by atoms with Crippen LogP contribution < -0.4 is 4.74 Å². The zero-order valence-electron chi connectivity index (χ0n) is 16.0. The van der Waals surface area contributed by atoms with Gasteiger partial charge in [0.25, 0.3) is 5.91 Å². The predicted octanol–water partition coefficient (Wildman–Crippen LogP) is 3.70. The highest BCUT2D eigenvalue weighted by Crippen LogP contribution is 2.33. The number of amides is 1. The van der Waals surface area contributed by atoms with Crippen molar-refractivity contribution < 1.29 is 9.53 Å². The summed E-state index contributed by atoms with van der Waals surface area (Å²) in [6.07, 6.45) is 3.68. The lowest BCUT2D eigenvalue weighted by Gasteiger charge is -2.24. The number of carbonyl (C=O) groups excluding carboxylic acids is 1. The molecular weight excluding hydrogens is 352 g/mol. The van der Waals surface area contributed by atoms with Gasteiger partial charge in [-0.2, -0.15) is 0 Å². The fraction of sp³-hybridized carbons (Fsp3) is 0.318. The van der Waals surface area contributed by atoms with Crippen molar-refractivity contribution in [3.05, 3.63) is 77.6 Å². The average molecular weight is 376 g/mol. The second-order valence-corrected chi connectivity index (χ2v) is 6.95. The number of hydrogen-bond donors (Lipinski definition) is 0. The van der Waals surface area contributed by atoms with Crippen LogP contribution in [-0.2, 0) is 6.54 Å². The summed E-state index contributed by atoms with van der Waals surface area (Å²) in [5.74, 6) is 0.793. The van der Waals surface area contributed by atoms with E-state index in [0.717, 1.165) is 36.3 Å². The lowest BCUT2D eigenvalue weighted by molar-refractivity contribution is 0.0729. The van der Waals surface area contributed by atoms with E-state index >= 15 is 0 Å². The summed E-state index contributed by atoms with van der Waals surface area (Å²) in [4.78, 5) is 15.0. The molecule has 1 aliphatic rings. The number of benzene rings is 2. The quantitative estimate of drug-likeness (QED) is 0.658. The highest BCUT2D eigenvalue weighted by Gasteiger charge is 2.32. The maximum absolute atomic E-state index is 13.1. The van der Waals surface area contributed by atoms with Gasteiger partial charge >= 0.3 is 0 Å². The average Bonchev–Trinajstić information content (AvgIpc) is 3.39. The molecule has 144 valence electrons. The van der Waals surface area contributed by atoms with E-state index in [1.807, 2.05) is 66.4 Å². The molecule has 6 heteroatoms. The first-order valence-electron chi connectivity index (χ1n) is 9.72. The lowest BCUT2D eigenvalue weighted by Crippen LogP contribution is -2.30. The van der Waals surface area contributed by atoms with Crippen LogP contribution in [0.15, 0.2) is 60.8 Å². The second-order valence-electron chi connectivity index (χ2n) is 6.95. The van der Waals surface area contributed by atoms with E-state index in [9.17, 15) is 4.79 Å². The minimum Gasteiger partial charge on any atom is -0.494 e. The van der Waals surface area contributed by atoms with Crippen molar-refractivity contribution in [3.63, 3.8) is 0 Å². The van der Waals surface area contributed by atoms with Crippen LogP contribution in [0.25, 0.3) is 0 Å². The largest absolute Gasteiger partial charge is 0.494 e. The Bertz CT molecular complexity index is 921. The van der Waals surface area contributed by atoms with Crippen molar-refractivity contribution >= 4 is 5.91 Å². The molecule has 0 saturated carbocycles. The van der Waals surface area contributed by atoms with Crippen molar-refractivity contribution in [2.45, 2.75) is 32.4 Å². The van der Waals surface area contributed by atoms with Crippen LogP contribution in [0.3, 0.4) is 0 Å².